The number of hydrogen-bond acceptors (Lipinski definition) is 5. The third-order valence-corrected chi connectivity index (χ3v) is 3.53. The van der Waals surface area contributed by atoms with E-state index in [1.54, 1.807) is 7.11 Å². The summed E-state index contributed by atoms with van der Waals surface area (Å²) in [5.41, 5.74) is 0. The predicted octanol–water partition coefficient (Wildman–Crippen LogP) is 0.918. The average Bonchev–Trinajstić information content (AvgIpc) is 2.86. The molecule has 1 fully saturated rings. The van der Waals surface area contributed by atoms with Gasteiger partial charge in [0.1, 0.15) is 12.4 Å². The maximum Gasteiger partial charge on any atom is 0.158 e. The van der Waals surface area contributed by atoms with Crippen LogP contribution in [-0.4, -0.2) is 46.3 Å². The first-order valence-corrected chi connectivity index (χ1v) is 6.97. The summed E-state index contributed by atoms with van der Waals surface area (Å²) in [5, 5.41) is 17.4. The topological polar surface area (TPSA) is 69.4 Å². The van der Waals surface area contributed by atoms with Crippen molar-refractivity contribution in [2.75, 3.05) is 20.3 Å². The Morgan fingerprint density at radius 3 is 2.89 bits per heavy atom. The van der Waals surface area contributed by atoms with Gasteiger partial charge in [0.2, 0.25) is 0 Å². The van der Waals surface area contributed by atoms with Gasteiger partial charge in [-0.1, -0.05) is 0 Å². The van der Waals surface area contributed by atoms with Crippen molar-refractivity contribution in [3.05, 3.63) is 11.6 Å². The van der Waals surface area contributed by atoms with Crippen molar-refractivity contribution in [3.8, 4) is 0 Å². The van der Waals surface area contributed by atoms with E-state index in [4.69, 9.17) is 9.47 Å². The first kappa shape index (κ1) is 14.4. The van der Waals surface area contributed by atoms with Gasteiger partial charge in [-0.05, 0) is 25.7 Å². The Hall–Kier alpha value is -0.980. The number of hydrogen-bond donors (Lipinski definition) is 1. The molecule has 6 nitrogen and oxygen atoms in total. The summed E-state index contributed by atoms with van der Waals surface area (Å²) in [6.07, 6.45) is 5.72. The van der Waals surface area contributed by atoms with Crippen molar-refractivity contribution in [1.82, 2.24) is 14.8 Å². The van der Waals surface area contributed by atoms with Gasteiger partial charge in [0.25, 0.3) is 0 Å². The lowest BCUT2D eigenvalue weighted by atomic mass is 10.0. The standard InChI is InChI=1S/C13H23N3O3/c1-18-9-7-16-12(14-15-13(16)10-17)6-5-11-4-2-3-8-19-11/h11,17H,2-10H2,1H3. The van der Waals surface area contributed by atoms with Gasteiger partial charge in [0, 0.05) is 26.7 Å². The Kier molecular flexibility index (Phi) is 5.75. The first-order chi connectivity index (χ1) is 9.35. The van der Waals surface area contributed by atoms with E-state index in [2.05, 4.69) is 10.2 Å². The highest BCUT2D eigenvalue weighted by Gasteiger charge is 2.17. The third-order valence-electron chi connectivity index (χ3n) is 3.53. The lowest BCUT2D eigenvalue weighted by Crippen LogP contribution is -2.20. The molecule has 2 rings (SSSR count). The van der Waals surface area contributed by atoms with Crippen molar-refractivity contribution >= 4 is 0 Å². The molecule has 1 aliphatic rings. The second-order valence-electron chi connectivity index (χ2n) is 4.86. The molecule has 1 atom stereocenters. The van der Waals surface area contributed by atoms with Crippen molar-refractivity contribution in [1.29, 1.82) is 0 Å². The van der Waals surface area contributed by atoms with Gasteiger partial charge in [-0.25, -0.2) is 0 Å². The van der Waals surface area contributed by atoms with Gasteiger partial charge in [0.05, 0.1) is 12.7 Å². The molecule has 19 heavy (non-hydrogen) atoms. The summed E-state index contributed by atoms with van der Waals surface area (Å²) < 4.78 is 12.8. The van der Waals surface area contributed by atoms with Crippen LogP contribution in [0.1, 0.15) is 37.3 Å². The third kappa shape index (κ3) is 3.99. The molecule has 1 aromatic rings. The molecule has 1 N–H and O–H groups in total. The SMILES string of the molecule is COCCn1c(CO)nnc1CCC1CCCCO1. The molecule has 0 bridgehead atoms. The Morgan fingerprint density at radius 1 is 1.37 bits per heavy atom. The zero-order valence-corrected chi connectivity index (χ0v) is 11.5. The summed E-state index contributed by atoms with van der Waals surface area (Å²) in [4.78, 5) is 0. The highest BCUT2D eigenvalue weighted by Crippen LogP contribution is 2.17. The van der Waals surface area contributed by atoms with Crippen LogP contribution in [0.3, 0.4) is 0 Å². The van der Waals surface area contributed by atoms with Gasteiger partial charge in [0.15, 0.2) is 5.82 Å². The second-order valence-corrected chi connectivity index (χ2v) is 4.86. The lowest BCUT2D eigenvalue weighted by molar-refractivity contribution is 0.0110. The van der Waals surface area contributed by atoms with Crippen molar-refractivity contribution in [2.24, 2.45) is 0 Å². The maximum atomic E-state index is 9.26. The molecular formula is C13H23N3O3. The van der Waals surface area contributed by atoms with Crippen LogP contribution in [0, 0.1) is 0 Å². The van der Waals surface area contributed by atoms with E-state index in [0.717, 1.165) is 31.7 Å². The quantitative estimate of drug-likeness (QED) is 0.797. The fraction of sp³-hybridized carbons (Fsp3) is 0.846. The van der Waals surface area contributed by atoms with Crippen molar-refractivity contribution in [3.63, 3.8) is 0 Å². The molecule has 0 amide bonds. The van der Waals surface area contributed by atoms with Gasteiger partial charge >= 0.3 is 0 Å². The van der Waals surface area contributed by atoms with Crippen LogP contribution < -0.4 is 0 Å². The number of methoxy groups -OCH3 is 1. The number of rotatable bonds is 7. The van der Waals surface area contributed by atoms with Crippen molar-refractivity contribution < 1.29 is 14.6 Å². The molecule has 0 radical (unpaired) electrons. The molecule has 6 heteroatoms. The Bertz CT molecular complexity index is 375. The van der Waals surface area contributed by atoms with Crippen LogP contribution in [0.4, 0.5) is 0 Å². The Morgan fingerprint density at radius 2 is 2.21 bits per heavy atom. The minimum atomic E-state index is -0.0867. The Balaban J connectivity index is 1.92. The van der Waals surface area contributed by atoms with Crippen LogP contribution in [0.15, 0.2) is 0 Å². The molecule has 1 unspecified atom stereocenters. The van der Waals surface area contributed by atoms with E-state index in [9.17, 15) is 5.11 Å². The van der Waals surface area contributed by atoms with Crippen LogP contribution in [0.5, 0.6) is 0 Å². The van der Waals surface area contributed by atoms with E-state index in [0.29, 0.717) is 25.1 Å². The van der Waals surface area contributed by atoms with Gasteiger partial charge in [-0.3, -0.25) is 0 Å². The number of aromatic nitrogens is 3. The molecule has 0 aliphatic carbocycles. The lowest BCUT2D eigenvalue weighted by Gasteiger charge is -2.22. The van der Waals surface area contributed by atoms with Crippen LogP contribution in [0.25, 0.3) is 0 Å². The number of aliphatic hydroxyl groups is 1. The monoisotopic (exact) mass is 269 g/mol. The number of ether oxygens (including phenoxy) is 2. The first-order valence-electron chi connectivity index (χ1n) is 6.97. The second kappa shape index (κ2) is 7.57. The number of nitrogens with zero attached hydrogens (tertiary/aromatic N) is 3. The van der Waals surface area contributed by atoms with Gasteiger partial charge in [-0.2, -0.15) is 0 Å². The minimum absolute atomic E-state index is 0.0867. The van der Waals surface area contributed by atoms with E-state index < -0.39 is 0 Å². The summed E-state index contributed by atoms with van der Waals surface area (Å²) in [5.74, 6) is 1.52. The summed E-state index contributed by atoms with van der Waals surface area (Å²) in [6, 6.07) is 0. The molecular weight excluding hydrogens is 246 g/mol. The van der Waals surface area contributed by atoms with Gasteiger partial charge < -0.3 is 19.1 Å². The zero-order valence-electron chi connectivity index (χ0n) is 11.5. The van der Waals surface area contributed by atoms with Crippen LogP contribution >= 0.6 is 0 Å². The zero-order chi connectivity index (χ0) is 13.5. The molecule has 0 aromatic carbocycles. The highest BCUT2D eigenvalue weighted by atomic mass is 16.5. The highest BCUT2D eigenvalue weighted by molar-refractivity contribution is 4.95. The predicted molar refractivity (Wildman–Crippen MR) is 69.7 cm³/mol. The molecule has 1 saturated heterocycles. The summed E-state index contributed by atoms with van der Waals surface area (Å²) in [7, 11) is 1.67. The van der Waals surface area contributed by atoms with Gasteiger partial charge in [-0.15, -0.1) is 10.2 Å². The van der Waals surface area contributed by atoms with Crippen LogP contribution in [-0.2, 0) is 29.0 Å². The van der Waals surface area contributed by atoms with E-state index >= 15 is 0 Å². The smallest absolute Gasteiger partial charge is 0.158 e. The largest absolute Gasteiger partial charge is 0.388 e. The number of aryl methyl sites for hydroxylation is 1. The fourth-order valence-electron chi connectivity index (χ4n) is 2.44. The molecule has 1 aliphatic heterocycles. The van der Waals surface area contributed by atoms with E-state index in [1.165, 1.54) is 12.8 Å². The molecule has 108 valence electrons. The number of aliphatic hydroxyl groups excluding tert-OH is 1. The fourth-order valence-corrected chi connectivity index (χ4v) is 2.44. The van der Waals surface area contributed by atoms with E-state index in [1.807, 2.05) is 4.57 Å². The molecule has 0 saturated carbocycles. The summed E-state index contributed by atoms with van der Waals surface area (Å²) >= 11 is 0. The average molecular weight is 269 g/mol. The van der Waals surface area contributed by atoms with E-state index in [-0.39, 0.29) is 6.61 Å². The maximum absolute atomic E-state index is 9.26. The molecule has 1 aromatic heterocycles. The minimum Gasteiger partial charge on any atom is -0.388 e. The molecule has 0 spiro atoms. The van der Waals surface area contributed by atoms with Crippen LogP contribution in [0.2, 0.25) is 0 Å². The normalized spacial score (nSPS) is 19.8. The molecule has 2 heterocycles. The summed E-state index contributed by atoms with van der Waals surface area (Å²) in [6.45, 7) is 2.07. The Labute approximate surface area is 113 Å². The van der Waals surface area contributed by atoms with Crippen molar-refractivity contribution in [2.45, 2.75) is 51.4 Å².